The molecule has 10 heteroatoms. The van der Waals surface area contributed by atoms with E-state index in [2.05, 4.69) is 31.3 Å². The SMILES string of the molecule is COc1ccc(C[C@H]2NC[C@H](O)[C@H]2OC(=O)NCc2nn[nH]n2)cc1. The summed E-state index contributed by atoms with van der Waals surface area (Å²) in [7, 11) is 1.61. The first-order valence-corrected chi connectivity index (χ1v) is 7.87. The van der Waals surface area contributed by atoms with Gasteiger partial charge in [-0.25, -0.2) is 4.79 Å². The maximum Gasteiger partial charge on any atom is 0.407 e. The molecule has 1 saturated heterocycles. The topological polar surface area (TPSA) is 134 Å². The molecule has 0 unspecified atom stereocenters. The molecule has 1 aromatic carbocycles. The van der Waals surface area contributed by atoms with E-state index >= 15 is 0 Å². The van der Waals surface area contributed by atoms with Crippen molar-refractivity contribution in [1.29, 1.82) is 0 Å². The summed E-state index contributed by atoms with van der Waals surface area (Å²) in [6.07, 6.45) is -1.44. The van der Waals surface area contributed by atoms with E-state index in [4.69, 9.17) is 9.47 Å². The van der Waals surface area contributed by atoms with Crippen molar-refractivity contribution < 1.29 is 19.4 Å². The molecule has 3 rings (SSSR count). The van der Waals surface area contributed by atoms with Gasteiger partial charge in [-0.1, -0.05) is 17.3 Å². The smallest absolute Gasteiger partial charge is 0.407 e. The average Bonchev–Trinajstić information content (AvgIpc) is 3.26. The number of methoxy groups -OCH3 is 1. The molecule has 1 amide bonds. The summed E-state index contributed by atoms with van der Waals surface area (Å²) in [4.78, 5) is 11.9. The first kappa shape index (κ1) is 17.1. The number of tetrazole rings is 1. The number of β-amino-alcohol motifs (C(OH)–C–C–N with tert-alkyl or cyclic N) is 1. The Morgan fingerprint density at radius 2 is 2.20 bits per heavy atom. The highest BCUT2D eigenvalue weighted by Crippen LogP contribution is 2.19. The molecular formula is C15H20N6O4. The van der Waals surface area contributed by atoms with Crippen molar-refractivity contribution in [3.8, 4) is 5.75 Å². The fourth-order valence-corrected chi connectivity index (χ4v) is 2.71. The Morgan fingerprint density at radius 1 is 1.40 bits per heavy atom. The van der Waals surface area contributed by atoms with Crippen LogP contribution in [-0.4, -0.2) is 63.7 Å². The Morgan fingerprint density at radius 3 is 2.88 bits per heavy atom. The third-order valence-electron chi connectivity index (χ3n) is 4.00. The molecule has 0 aliphatic carbocycles. The van der Waals surface area contributed by atoms with Crippen molar-refractivity contribution in [2.75, 3.05) is 13.7 Å². The Kier molecular flexibility index (Phi) is 5.41. The summed E-state index contributed by atoms with van der Waals surface area (Å²) < 4.78 is 10.5. The quantitative estimate of drug-likeness (QED) is 0.542. The number of ether oxygens (including phenoxy) is 2. The molecule has 2 aromatic rings. The average molecular weight is 348 g/mol. The van der Waals surface area contributed by atoms with E-state index < -0.39 is 18.3 Å². The predicted molar refractivity (Wildman–Crippen MR) is 85.8 cm³/mol. The minimum Gasteiger partial charge on any atom is -0.497 e. The highest BCUT2D eigenvalue weighted by Gasteiger charge is 2.37. The number of carbonyl (C=O) groups is 1. The highest BCUT2D eigenvalue weighted by atomic mass is 16.6. The van der Waals surface area contributed by atoms with Gasteiger partial charge in [-0.05, 0) is 24.1 Å². The van der Waals surface area contributed by atoms with Crippen LogP contribution in [0.25, 0.3) is 0 Å². The first-order chi connectivity index (χ1) is 12.2. The van der Waals surface area contributed by atoms with Crippen LogP contribution >= 0.6 is 0 Å². The second-order valence-corrected chi connectivity index (χ2v) is 5.69. The van der Waals surface area contributed by atoms with Crippen LogP contribution in [0, 0.1) is 0 Å². The normalized spacial score (nSPS) is 22.6. The number of benzene rings is 1. The van der Waals surface area contributed by atoms with Gasteiger partial charge in [-0.15, -0.1) is 10.2 Å². The Bertz CT molecular complexity index is 678. The zero-order valence-corrected chi connectivity index (χ0v) is 13.7. The number of aromatic nitrogens is 4. The van der Waals surface area contributed by atoms with Crippen LogP contribution in [0.1, 0.15) is 11.4 Å². The molecule has 1 aromatic heterocycles. The molecule has 134 valence electrons. The van der Waals surface area contributed by atoms with Gasteiger partial charge in [0, 0.05) is 6.54 Å². The predicted octanol–water partition coefficient (Wildman–Crippen LogP) is -0.621. The number of nitrogens with one attached hydrogen (secondary N) is 3. The van der Waals surface area contributed by atoms with Crippen LogP contribution < -0.4 is 15.4 Å². The lowest BCUT2D eigenvalue weighted by molar-refractivity contribution is 0.0187. The summed E-state index contributed by atoms with van der Waals surface area (Å²) in [6, 6.07) is 7.44. The van der Waals surface area contributed by atoms with Gasteiger partial charge < -0.3 is 25.2 Å². The van der Waals surface area contributed by atoms with Crippen LogP contribution in [0.2, 0.25) is 0 Å². The largest absolute Gasteiger partial charge is 0.497 e. The van der Waals surface area contributed by atoms with E-state index in [1.807, 2.05) is 24.3 Å². The van der Waals surface area contributed by atoms with E-state index in [1.54, 1.807) is 7.11 Å². The van der Waals surface area contributed by atoms with E-state index in [-0.39, 0.29) is 12.6 Å². The standard InChI is InChI=1S/C15H20N6O4/c1-24-10-4-2-9(3-5-10)6-11-14(12(22)7-16-11)25-15(23)17-8-13-18-20-21-19-13/h2-5,11-12,14,16,22H,6-8H2,1H3,(H,17,23)(H,18,19,20,21)/t11-,12+,14+/m1/s1. The second-order valence-electron chi connectivity index (χ2n) is 5.69. The molecule has 0 spiro atoms. The maximum absolute atomic E-state index is 11.9. The third kappa shape index (κ3) is 4.43. The number of aliphatic hydroxyl groups excluding tert-OH is 1. The van der Waals surface area contributed by atoms with Gasteiger partial charge in [0.05, 0.1) is 19.7 Å². The van der Waals surface area contributed by atoms with Gasteiger partial charge in [0.1, 0.15) is 18.0 Å². The summed E-state index contributed by atoms with van der Waals surface area (Å²) in [5.74, 6) is 1.12. The van der Waals surface area contributed by atoms with E-state index in [0.717, 1.165) is 11.3 Å². The van der Waals surface area contributed by atoms with Crippen molar-refractivity contribution in [2.45, 2.75) is 31.2 Å². The van der Waals surface area contributed by atoms with Gasteiger partial charge in [0.2, 0.25) is 0 Å². The lowest BCUT2D eigenvalue weighted by Gasteiger charge is -2.22. The molecule has 4 N–H and O–H groups in total. The second kappa shape index (κ2) is 7.90. The fourth-order valence-electron chi connectivity index (χ4n) is 2.71. The lowest BCUT2D eigenvalue weighted by Crippen LogP contribution is -2.41. The number of hydrogen-bond donors (Lipinski definition) is 4. The summed E-state index contributed by atoms with van der Waals surface area (Å²) >= 11 is 0. The summed E-state index contributed by atoms with van der Waals surface area (Å²) in [5.41, 5.74) is 1.05. The van der Waals surface area contributed by atoms with Crippen molar-refractivity contribution in [1.82, 2.24) is 31.3 Å². The number of rotatable bonds is 6. The summed E-state index contributed by atoms with van der Waals surface area (Å²) in [5, 5.41) is 29.0. The minimum atomic E-state index is -0.765. The molecule has 0 saturated carbocycles. The van der Waals surface area contributed by atoms with Crippen LogP contribution in [0.3, 0.4) is 0 Å². The molecule has 1 aliphatic rings. The lowest BCUT2D eigenvalue weighted by atomic mass is 10.0. The summed E-state index contributed by atoms with van der Waals surface area (Å²) in [6.45, 7) is 0.457. The van der Waals surface area contributed by atoms with Crippen LogP contribution in [0.4, 0.5) is 4.79 Å². The molecule has 1 aliphatic heterocycles. The number of aromatic amines is 1. The molecule has 2 heterocycles. The molecule has 0 radical (unpaired) electrons. The number of nitrogens with zero attached hydrogens (tertiary/aromatic N) is 3. The van der Waals surface area contributed by atoms with E-state index in [1.165, 1.54) is 0 Å². The highest BCUT2D eigenvalue weighted by molar-refractivity contribution is 5.67. The Hall–Kier alpha value is -2.72. The van der Waals surface area contributed by atoms with E-state index in [9.17, 15) is 9.90 Å². The Balaban J connectivity index is 1.55. The number of carbonyl (C=O) groups excluding carboxylic acids is 1. The van der Waals surface area contributed by atoms with Crippen molar-refractivity contribution in [3.63, 3.8) is 0 Å². The molecule has 10 nitrogen and oxygen atoms in total. The monoisotopic (exact) mass is 348 g/mol. The van der Waals surface area contributed by atoms with E-state index in [0.29, 0.717) is 18.8 Å². The van der Waals surface area contributed by atoms with Gasteiger partial charge in [0.25, 0.3) is 0 Å². The van der Waals surface area contributed by atoms with Gasteiger partial charge in [-0.3, -0.25) is 0 Å². The Labute approximate surface area is 143 Å². The number of aliphatic hydroxyl groups is 1. The van der Waals surface area contributed by atoms with Gasteiger partial charge in [0.15, 0.2) is 5.82 Å². The molecule has 0 bridgehead atoms. The first-order valence-electron chi connectivity index (χ1n) is 7.87. The fraction of sp³-hybridized carbons (Fsp3) is 0.467. The molecule has 25 heavy (non-hydrogen) atoms. The van der Waals surface area contributed by atoms with Crippen LogP contribution in [-0.2, 0) is 17.7 Å². The van der Waals surface area contributed by atoms with Crippen molar-refractivity contribution in [3.05, 3.63) is 35.7 Å². The van der Waals surface area contributed by atoms with Crippen molar-refractivity contribution >= 4 is 6.09 Å². The molecule has 1 fully saturated rings. The molecule has 3 atom stereocenters. The maximum atomic E-state index is 11.9. The van der Waals surface area contributed by atoms with Gasteiger partial charge in [-0.2, -0.15) is 5.21 Å². The number of H-pyrrole nitrogens is 1. The number of amides is 1. The zero-order chi connectivity index (χ0) is 17.6. The van der Waals surface area contributed by atoms with Crippen LogP contribution in [0.5, 0.6) is 5.75 Å². The van der Waals surface area contributed by atoms with Gasteiger partial charge >= 0.3 is 6.09 Å². The minimum absolute atomic E-state index is 0.0920. The number of hydrogen-bond acceptors (Lipinski definition) is 8. The molecular weight excluding hydrogens is 328 g/mol. The number of alkyl carbamates (subject to hydrolysis) is 1. The third-order valence-corrected chi connectivity index (χ3v) is 4.00. The zero-order valence-electron chi connectivity index (χ0n) is 13.7. The van der Waals surface area contributed by atoms with Crippen LogP contribution in [0.15, 0.2) is 24.3 Å². The van der Waals surface area contributed by atoms with Crippen molar-refractivity contribution in [2.24, 2.45) is 0 Å².